The average Bonchev–Trinajstić information content (AvgIpc) is 3.18. The number of hydrogen-bond acceptors (Lipinski definition) is 6. The van der Waals surface area contributed by atoms with Crippen LogP contribution in [0.25, 0.3) is 0 Å². The van der Waals surface area contributed by atoms with Crippen molar-refractivity contribution in [3.05, 3.63) is 57.7 Å². The quantitative estimate of drug-likeness (QED) is 0.439. The Morgan fingerprint density at radius 3 is 2.72 bits per heavy atom. The first-order chi connectivity index (χ1) is 12.0. The summed E-state index contributed by atoms with van der Waals surface area (Å²) in [4.78, 5) is 54.1. The third-order valence-electron chi connectivity index (χ3n) is 3.74. The number of H-pyrrole nitrogens is 1. The van der Waals surface area contributed by atoms with Crippen LogP contribution in [0.2, 0.25) is 0 Å². The van der Waals surface area contributed by atoms with Gasteiger partial charge in [-0.3, -0.25) is 29.4 Å². The zero-order valence-corrected chi connectivity index (χ0v) is 12.9. The standard InChI is InChI=1S/C15H13N5O5/c21-13(17-4-3-9-6-16-8-18-9)7-19-14(22)11-2-1-10(20(24)25)5-12(11)15(19)23/h1-2,5-6,8H,3-4,7H2,(H,16,18)(H,17,21). The molecule has 0 aliphatic carbocycles. The van der Waals surface area contributed by atoms with Crippen molar-refractivity contribution >= 4 is 23.4 Å². The maximum absolute atomic E-state index is 12.3. The van der Waals surface area contributed by atoms with E-state index in [4.69, 9.17) is 0 Å². The van der Waals surface area contributed by atoms with Gasteiger partial charge in [0.1, 0.15) is 6.54 Å². The van der Waals surface area contributed by atoms with E-state index in [2.05, 4.69) is 15.3 Å². The van der Waals surface area contributed by atoms with Crippen LogP contribution in [-0.2, 0) is 11.2 Å². The Morgan fingerprint density at radius 2 is 2.04 bits per heavy atom. The number of imidazole rings is 1. The van der Waals surface area contributed by atoms with Gasteiger partial charge in [-0.15, -0.1) is 0 Å². The molecule has 0 atom stereocenters. The van der Waals surface area contributed by atoms with Crippen molar-refractivity contribution in [2.75, 3.05) is 13.1 Å². The number of carbonyl (C=O) groups excluding carboxylic acids is 3. The van der Waals surface area contributed by atoms with Crippen LogP contribution in [0.3, 0.4) is 0 Å². The Morgan fingerprint density at radius 1 is 1.28 bits per heavy atom. The summed E-state index contributed by atoms with van der Waals surface area (Å²) in [5.74, 6) is -1.85. The molecule has 0 spiro atoms. The van der Waals surface area contributed by atoms with Gasteiger partial charge in [0.2, 0.25) is 5.91 Å². The van der Waals surface area contributed by atoms with Gasteiger partial charge in [0.05, 0.1) is 22.4 Å². The Bertz CT molecular complexity index is 861. The summed E-state index contributed by atoms with van der Waals surface area (Å²) >= 11 is 0. The highest BCUT2D eigenvalue weighted by Crippen LogP contribution is 2.26. The SMILES string of the molecule is O=C(CN1C(=O)c2ccc([N+](=O)[O-])cc2C1=O)NCCc1cnc[nH]1. The maximum Gasteiger partial charge on any atom is 0.270 e. The number of aromatic nitrogens is 2. The number of nitro benzene ring substituents is 1. The first-order valence-corrected chi connectivity index (χ1v) is 7.36. The van der Waals surface area contributed by atoms with Crippen molar-refractivity contribution in [1.29, 1.82) is 0 Å². The molecule has 1 aromatic carbocycles. The number of nitrogens with one attached hydrogen (secondary N) is 2. The lowest BCUT2D eigenvalue weighted by Gasteiger charge is -2.13. The minimum absolute atomic E-state index is 0.0564. The Hall–Kier alpha value is -3.56. The molecule has 128 valence electrons. The molecule has 1 aliphatic rings. The van der Waals surface area contributed by atoms with Gasteiger partial charge in [0.15, 0.2) is 0 Å². The van der Waals surface area contributed by atoms with Crippen LogP contribution >= 0.6 is 0 Å². The molecule has 2 heterocycles. The van der Waals surface area contributed by atoms with E-state index in [1.165, 1.54) is 12.4 Å². The lowest BCUT2D eigenvalue weighted by molar-refractivity contribution is -0.384. The number of carbonyl (C=O) groups is 3. The van der Waals surface area contributed by atoms with Gasteiger partial charge in [-0.25, -0.2) is 4.98 Å². The van der Waals surface area contributed by atoms with Gasteiger partial charge < -0.3 is 10.3 Å². The normalized spacial score (nSPS) is 13.0. The van der Waals surface area contributed by atoms with Crippen LogP contribution in [-0.4, -0.2) is 50.6 Å². The summed E-state index contributed by atoms with van der Waals surface area (Å²) in [7, 11) is 0. The molecule has 0 saturated carbocycles. The minimum atomic E-state index is -0.715. The number of benzene rings is 1. The van der Waals surface area contributed by atoms with Crippen molar-refractivity contribution in [2.24, 2.45) is 0 Å². The van der Waals surface area contributed by atoms with Crippen LogP contribution in [0.15, 0.2) is 30.7 Å². The van der Waals surface area contributed by atoms with E-state index in [0.717, 1.165) is 22.7 Å². The van der Waals surface area contributed by atoms with Gasteiger partial charge in [-0.05, 0) is 6.07 Å². The van der Waals surface area contributed by atoms with E-state index in [-0.39, 0.29) is 16.8 Å². The fraction of sp³-hybridized carbons (Fsp3) is 0.200. The average molecular weight is 343 g/mol. The lowest BCUT2D eigenvalue weighted by atomic mass is 10.1. The number of nitrogens with zero attached hydrogens (tertiary/aromatic N) is 3. The molecule has 3 rings (SSSR count). The summed E-state index contributed by atoms with van der Waals surface area (Å²) in [6.07, 6.45) is 3.68. The summed E-state index contributed by atoms with van der Waals surface area (Å²) in [5, 5.41) is 13.4. The topological polar surface area (TPSA) is 138 Å². The first-order valence-electron chi connectivity index (χ1n) is 7.36. The number of non-ortho nitro benzene ring substituents is 1. The molecule has 1 aromatic heterocycles. The molecule has 3 amide bonds. The van der Waals surface area contributed by atoms with Gasteiger partial charge in [-0.1, -0.05) is 0 Å². The molecule has 2 N–H and O–H groups in total. The summed E-state index contributed by atoms with van der Waals surface area (Å²) in [6, 6.07) is 3.42. The third-order valence-corrected chi connectivity index (χ3v) is 3.74. The molecule has 0 bridgehead atoms. The molecular formula is C15H13N5O5. The van der Waals surface area contributed by atoms with E-state index < -0.39 is 29.2 Å². The maximum atomic E-state index is 12.3. The number of nitro groups is 1. The fourth-order valence-electron chi connectivity index (χ4n) is 2.49. The molecular weight excluding hydrogens is 330 g/mol. The fourth-order valence-corrected chi connectivity index (χ4v) is 2.49. The van der Waals surface area contributed by atoms with E-state index in [1.807, 2.05) is 0 Å². The van der Waals surface area contributed by atoms with Gasteiger partial charge in [0, 0.05) is 37.0 Å². The van der Waals surface area contributed by atoms with Crippen molar-refractivity contribution in [1.82, 2.24) is 20.2 Å². The highest BCUT2D eigenvalue weighted by Gasteiger charge is 2.37. The molecule has 1 aliphatic heterocycles. The molecule has 25 heavy (non-hydrogen) atoms. The van der Waals surface area contributed by atoms with Crippen molar-refractivity contribution < 1.29 is 19.3 Å². The van der Waals surface area contributed by atoms with Crippen LogP contribution in [0.1, 0.15) is 26.4 Å². The number of amides is 3. The molecule has 0 fully saturated rings. The Balaban J connectivity index is 1.63. The smallest absolute Gasteiger partial charge is 0.270 e. The highest BCUT2D eigenvalue weighted by molar-refractivity contribution is 6.22. The predicted octanol–water partition coefficient (Wildman–Crippen LogP) is 0.273. The largest absolute Gasteiger partial charge is 0.354 e. The molecule has 2 aromatic rings. The third kappa shape index (κ3) is 3.22. The van der Waals surface area contributed by atoms with Crippen LogP contribution in [0.4, 0.5) is 5.69 Å². The Labute approximate surface area is 141 Å². The molecule has 10 nitrogen and oxygen atoms in total. The summed E-state index contributed by atoms with van der Waals surface area (Å²) in [5.41, 5.74) is 0.546. The number of imide groups is 1. The number of rotatable bonds is 6. The van der Waals surface area contributed by atoms with Gasteiger partial charge >= 0.3 is 0 Å². The van der Waals surface area contributed by atoms with E-state index in [0.29, 0.717) is 13.0 Å². The van der Waals surface area contributed by atoms with Crippen LogP contribution < -0.4 is 5.32 Å². The lowest BCUT2D eigenvalue weighted by Crippen LogP contribution is -2.40. The van der Waals surface area contributed by atoms with E-state index in [9.17, 15) is 24.5 Å². The summed E-state index contributed by atoms with van der Waals surface area (Å²) < 4.78 is 0. The summed E-state index contributed by atoms with van der Waals surface area (Å²) in [6.45, 7) is -0.126. The van der Waals surface area contributed by atoms with Crippen molar-refractivity contribution in [3.8, 4) is 0 Å². The minimum Gasteiger partial charge on any atom is -0.354 e. The first kappa shape index (κ1) is 16.3. The number of aromatic amines is 1. The molecule has 0 saturated heterocycles. The van der Waals surface area contributed by atoms with Crippen molar-refractivity contribution in [2.45, 2.75) is 6.42 Å². The van der Waals surface area contributed by atoms with Gasteiger partial charge in [0.25, 0.3) is 17.5 Å². The van der Waals surface area contributed by atoms with Crippen molar-refractivity contribution in [3.63, 3.8) is 0 Å². The monoisotopic (exact) mass is 343 g/mol. The van der Waals surface area contributed by atoms with E-state index >= 15 is 0 Å². The molecule has 10 heteroatoms. The molecule has 0 unspecified atom stereocenters. The van der Waals surface area contributed by atoms with Gasteiger partial charge in [-0.2, -0.15) is 0 Å². The second-order valence-corrected chi connectivity index (χ2v) is 5.36. The zero-order chi connectivity index (χ0) is 18.0. The highest BCUT2D eigenvalue weighted by atomic mass is 16.6. The second kappa shape index (κ2) is 6.51. The number of hydrogen-bond donors (Lipinski definition) is 2. The van der Waals surface area contributed by atoms with Crippen LogP contribution in [0.5, 0.6) is 0 Å². The second-order valence-electron chi connectivity index (χ2n) is 5.36. The number of fused-ring (bicyclic) bond motifs is 1. The van der Waals surface area contributed by atoms with Crippen LogP contribution in [0, 0.1) is 10.1 Å². The predicted molar refractivity (Wildman–Crippen MR) is 83.8 cm³/mol. The van der Waals surface area contributed by atoms with E-state index in [1.54, 1.807) is 6.20 Å². The zero-order valence-electron chi connectivity index (χ0n) is 12.9. The molecule has 0 radical (unpaired) electrons. The Kier molecular flexibility index (Phi) is 4.25.